The summed E-state index contributed by atoms with van der Waals surface area (Å²) in [7, 11) is 3.32. The van der Waals surface area contributed by atoms with Gasteiger partial charge in [0.1, 0.15) is 11.6 Å². The quantitative estimate of drug-likeness (QED) is 0.684. The monoisotopic (exact) mass is 423 g/mol. The van der Waals surface area contributed by atoms with Crippen LogP contribution < -0.4 is 10.1 Å². The van der Waals surface area contributed by atoms with Crippen LogP contribution in [0, 0.1) is 0 Å². The van der Waals surface area contributed by atoms with Gasteiger partial charge in [0.05, 0.1) is 24.7 Å². The number of aromatic nitrogens is 2. The number of aliphatic imine (C=N–C) groups is 1. The van der Waals surface area contributed by atoms with Gasteiger partial charge in [0, 0.05) is 43.5 Å². The molecular formula is C23H29N5O3. The number of amides is 2. The van der Waals surface area contributed by atoms with E-state index in [1.165, 1.54) is 0 Å². The highest BCUT2D eigenvalue weighted by Crippen LogP contribution is 2.41. The largest absolute Gasteiger partial charge is 0.496 e. The van der Waals surface area contributed by atoms with Crippen molar-refractivity contribution in [2.24, 2.45) is 4.99 Å². The summed E-state index contributed by atoms with van der Waals surface area (Å²) in [6.07, 6.45) is 6.04. The molecule has 3 rings (SSSR count). The van der Waals surface area contributed by atoms with Crippen LogP contribution in [-0.4, -0.2) is 58.1 Å². The minimum atomic E-state index is -0.829. The maximum Gasteiger partial charge on any atom is 0.322 e. The fourth-order valence-electron chi connectivity index (χ4n) is 3.21. The van der Waals surface area contributed by atoms with Crippen LogP contribution in [0.4, 0.5) is 10.5 Å². The molecule has 1 aromatic heterocycles. The topological polar surface area (TPSA) is 103 Å². The highest BCUT2D eigenvalue weighted by molar-refractivity contribution is 6.04. The third kappa shape index (κ3) is 5.82. The minimum Gasteiger partial charge on any atom is -0.496 e. The number of amidine groups is 1. The predicted molar refractivity (Wildman–Crippen MR) is 121 cm³/mol. The number of nitrogens with zero attached hydrogens (tertiary/aromatic N) is 3. The average Bonchev–Trinajstić information content (AvgIpc) is 3.19. The first-order valence-electron chi connectivity index (χ1n) is 10.1. The van der Waals surface area contributed by atoms with E-state index >= 15 is 0 Å². The number of urea groups is 1. The molecule has 2 amide bonds. The number of carbonyl (C=O) groups excluding carboxylic acids is 1. The van der Waals surface area contributed by atoms with E-state index in [2.05, 4.69) is 15.3 Å². The van der Waals surface area contributed by atoms with Crippen LogP contribution in [0.5, 0.6) is 5.75 Å². The van der Waals surface area contributed by atoms with Crippen LogP contribution in [-0.2, 0) is 6.42 Å². The Labute approximate surface area is 182 Å². The van der Waals surface area contributed by atoms with Gasteiger partial charge >= 0.3 is 6.03 Å². The molecule has 1 aliphatic rings. The zero-order valence-electron chi connectivity index (χ0n) is 18.3. The lowest BCUT2D eigenvalue weighted by Crippen LogP contribution is -2.42. The Bertz CT molecular complexity index is 998. The number of nitrogens with one attached hydrogen (secondary N) is 2. The number of hydrogen-bond acceptors (Lipinski definition) is 5. The lowest BCUT2D eigenvalue weighted by atomic mass is 10.0. The number of methoxy groups -OCH3 is 1. The second kappa shape index (κ2) is 9.61. The summed E-state index contributed by atoms with van der Waals surface area (Å²) in [6.45, 7) is 3.88. The molecule has 2 aromatic rings. The summed E-state index contributed by atoms with van der Waals surface area (Å²) in [5.41, 5.74) is 2.76. The molecule has 0 saturated carbocycles. The Morgan fingerprint density at radius 2 is 2.13 bits per heavy atom. The third-order valence-corrected chi connectivity index (χ3v) is 4.97. The number of aliphatic hydroxyl groups is 1. The van der Waals surface area contributed by atoms with Gasteiger partial charge in [0.25, 0.3) is 0 Å². The highest BCUT2D eigenvalue weighted by Gasteiger charge is 2.25. The fraction of sp³-hybridized carbons (Fsp3) is 0.348. The SMILES string of the molecule is COc1ccc(-c2cccnc[nH]cc2)c2c1CC(NC(=O)N(C)CCC(C)(C)O)=N2. The summed E-state index contributed by atoms with van der Waals surface area (Å²) >= 11 is 0. The van der Waals surface area contributed by atoms with Crippen molar-refractivity contribution >= 4 is 17.6 Å². The molecule has 2 heterocycles. The van der Waals surface area contributed by atoms with E-state index in [1.54, 1.807) is 51.6 Å². The molecule has 0 fully saturated rings. The number of carbonyl (C=O) groups is 1. The van der Waals surface area contributed by atoms with E-state index in [4.69, 9.17) is 9.73 Å². The highest BCUT2D eigenvalue weighted by atomic mass is 16.5. The molecule has 3 N–H and O–H groups in total. The minimum absolute atomic E-state index is 0.262. The Morgan fingerprint density at radius 3 is 2.87 bits per heavy atom. The van der Waals surface area contributed by atoms with Crippen molar-refractivity contribution < 1.29 is 14.6 Å². The third-order valence-electron chi connectivity index (χ3n) is 4.97. The van der Waals surface area contributed by atoms with Crippen LogP contribution in [0.15, 0.2) is 54.0 Å². The van der Waals surface area contributed by atoms with Gasteiger partial charge in [-0.1, -0.05) is 6.07 Å². The van der Waals surface area contributed by atoms with Crippen molar-refractivity contribution in [3.63, 3.8) is 0 Å². The van der Waals surface area contributed by atoms with E-state index in [-0.39, 0.29) is 6.03 Å². The predicted octanol–water partition coefficient (Wildman–Crippen LogP) is 3.60. The number of rotatable bonds is 5. The Kier molecular flexibility index (Phi) is 6.91. The van der Waals surface area contributed by atoms with Gasteiger partial charge in [-0.05, 0) is 50.1 Å². The standard InChI is InChI=1S/C23H29N5O3/c1-23(2,30)10-13-28(3)22(29)27-20-14-18-19(31-4)8-7-17(21(18)26-20)16-6-5-11-24-15-25-12-9-16/h5-9,11-12,15,30H,10,13-14H2,1-4H3,(H,24,25)(H,26,27,29). The van der Waals surface area contributed by atoms with Gasteiger partial charge in [-0.3, -0.25) is 5.32 Å². The van der Waals surface area contributed by atoms with Crippen molar-refractivity contribution in [3.05, 3.63) is 54.6 Å². The lowest BCUT2D eigenvalue weighted by Gasteiger charge is -2.23. The van der Waals surface area contributed by atoms with Crippen molar-refractivity contribution in [2.75, 3.05) is 20.7 Å². The molecule has 0 aliphatic carbocycles. The molecule has 0 spiro atoms. The zero-order valence-corrected chi connectivity index (χ0v) is 18.3. The molecule has 0 radical (unpaired) electrons. The van der Waals surface area contributed by atoms with Gasteiger partial charge < -0.3 is 19.7 Å². The molecule has 164 valence electrons. The number of fused-ring (bicyclic) bond motifs is 1. The summed E-state index contributed by atoms with van der Waals surface area (Å²) in [5.74, 6) is 1.29. The molecule has 0 saturated heterocycles. The molecule has 8 heteroatoms. The first kappa shape index (κ1) is 22.3. The van der Waals surface area contributed by atoms with Crippen molar-refractivity contribution in [3.8, 4) is 16.9 Å². The maximum atomic E-state index is 12.6. The van der Waals surface area contributed by atoms with Crippen LogP contribution in [0.2, 0.25) is 0 Å². The van der Waals surface area contributed by atoms with Crippen LogP contribution >= 0.6 is 0 Å². The van der Waals surface area contributed by atoms with Crippen LogP contribution in [0.25, 0.3) is 11.1 Å². The fourth-order valence-corrected chi connectivity index (χ4v) is 3.21. The first-order valence-corrected chi connectivity index (χ1v) is 10.1. The molecule has 0 bridgehead atoms. The summed E-state index contributed by atoms with van der Waals surface area (Å²) < 4.78 is 5.53. The van der Waals surface area contributed by atoms with E-state index in [0.717, 1.165) is 28.1 Å². The molecule has 0 unspecified atom stereocenters. The first-order chi connectivity index (χ1) is 14.8. The van der Waals surface area contributed by atoms with Gasteiger partial charge in [-0.15, -0.1) is 0 Å². The van der Waals surface area contributed by atoms with Gasteiger partial charge in [0.2, 0.25) is 0 Å². The number of H-pyrrole nitrogens is 1. The smallest absolute Gasteiger partial charge is 0.322 e. The Balaban J connectivity index is 1.88. The van der Waals surface area contributed by atoms with Gasteiger partial charge in [-0.2, -0.15) is 0 Å². The summed E-state index contributed by atoms with van der Waals surface area (Å²) in [5, 5.41) is 12.8. The average molecular weight is 424 g/mol. The lowest BCUT2D eigenvalue weighted by molar-refractivity contribution is 0.0640. The van der Waals surface area contributed by atoms with E-state index in [0.29, 0.717) is 25.2 Å². The molecule has 1 aromatic carbocycles. The number of aromatic amines is 1. The molecule has 1 aliphatic heterocycles. The second-order valence-electron chi connectivity index (χ2n) is 8.03. The normalized spacial score (nSPS) is 12.5. The zero-order chi connectivity index (χ0) is 22.4. The van der Waals surface area contributed by atoms with Crippen molar-refractivity contribution in [1.82, 2.24) is 20.2 Å². The number of benzene rings is 1. The van der Waals surface area contributed by atoms with E-state index < -0.39 is 5.60 Å². The summed E-state index contributed by atoms with van der Waals surface area (Å²) in [6, 6.07) is 9.38. The van der Waals surface area contributed by atoms with Gasteiger partial charge in [-0.25, -0.2) is 14.8 Å². The van der Waals surface area contributed by atoms with Crippen molar-refractivity contribution in [2.45, 2.75) is 32.3 Å². The van der Waals surface area contributed by atoms with Crippen molar-refractivity contribution in [1.29, 1.82) is 0 Å². The van der Waals surface area contributed by atoms with E-state index in [1.807, 2.05) is 30.3 Å². The summed E-state index contributed by atoms with van der Waals surface area (Å²) in [4.78, 5) is 25.9. The van der Waals surface area contributed by atoms with Gasteiger partial charge in [0.15, 0.2) is 0 Å². The Hall–Kier alpha value is -3.39. The molecule has 0 atom stereocenters. The number of ether oxygens (including phenoxy) is 1. The van der Waals surface area contributed by atoms with E-state index in [9.17, 15) is 9.90 Å². The molecule has 31 heavy (non-hydrogen) atoms. The Morgan fingerprint density at radius 1 is 1.32 bits per heavy atom. The second-order valence-corrected chi connectivity index (χ2v) is 8.03. The maximum absolute atomic E-state index is 12.6. The van der Waals surface area contributed by atoms with Crippen LogP contribution in [0.1, 0.15) is 25.8 Å². The van der Waals surface area contributed by atoms with Crippen LogP contribution in [0.3, 0.4) is 0 Å². The molecular weight excluding hydrogens is 394 g/mol. The number of hydrogen-bond donors (Lipinski definition) is 3. The molecule has 8 nitrogen and oxygen atoms in total.